The van der Waals surface area contributed by atoms with Crippen molar-refractivity contribution in [2.75, 3.05) is 0 Å². The Morgan fingerprint density at radius 3 is 2.64 bits per heavy atom. The van der Waals surface area contributed by atoms with Gasteiger partial charge >= 0.3 is 11.9 Å². The molecule has 0 radical (unpaired) electrons. The quantitative estimate of drug-likeness (QED) is 0.533. The van der Waals surface area contributed by atoms with E-state index in [0.29, 0.717) is 18.8 Å². The van der Waals surface area contributed by atoms with Gasteiger partial charge in [0.1, 0.15) is 6.10 Å². The number of hydrogen-bond acceptors (Lipinski definition) is 4. The van der Waals surface area contributed by atoms with Crippen molar-refractivity contribution in [1.82, 2.24) is 0 Å². The summed E-state index contributed by atoms with van der Waals surface area (Å²) in [5, 5.41) is 0. The molecule has 0 spiro atoms. The first-order valence-corrected chi connectivity index (χ1v) is 5.13. The van der Waals surface area contributed by atoms with Crippen LogP contribution in [0, 0.1) is 11.8 Å². The molecule has 4 heteroatoms. The maximum Gasteiger partial charge on any atom is 0.347 e. The fourth-order valence-electron chi connectivity index (χ4n) is 2.83. The smallest absolute Gasteiger partial charge is 0.347 e. The van der Waals surface area contributed by atoms with Crippen LogP contribution in [0.25, 0.3) is 0 Å². The Kier molecular flexibility index (Phi) is 1.60. The van der Waals surface area contributed by atoms with Gasteiger partial charge in [0.05, 0.1) is 5.92 Å². The van der Waals surface area contributed by atoms with E-state index in [-0.39, 0.29) is 24.0 Å². The number of carbonyl (C=O) groups is 2. The minimum atomic E-state index is -0.622. The zero-order chi connectivity index (χ0) is 9.71. The van der Waals surface area contributed by atoms with Crippen molar-refractivity contribution < 1.29 is 19.1 Å². The van der Waals surface area contributed by atoms with Gasteiger partial charge in [0.2, 0.25) is 0 Å². The second-order valence-electron chi connectivity index (χ2n) is 4.49. The maximum absolute atomic E-state index is 11.5. The van der Waals surface area contributed by atoms with Crippen molar-refractivity contribution in [3.63, 3.8) is 0 Å². The predicted octanol–water partition coefficient (Wildman–Crippen LogP) is 0.644. The van der Waals surface area contributed by atoms with Crippen molar-refractivity contribution in [3.05, 3.63) is 0 Å². The average molecular weight is 196 g/mol. The molecule has 1 saturated carbocycles. The molecule has 3 aliphatic rings. The number of rotatable bonds is 0. The fraction of sp³-hybridized carbons (Fsp3) is 0.800. The van der Waals surface area contributed by atoms with E-state index >= 15 is 0 Å². The average Bonchev–Trinajstić information content (AvgIpc) is 2.30. The minimum absolute atomic E-state index is 0.0307. The summed E-state index contributed by atoms with van der Waals surface area (Å²) in [4.78, 5) is 23.0. The molecule has 0 N–H and O–H groups in total. The van der Waals surface area contributed by atoms with E-state index in [1.54, 1.807) is 0 Å². The molecule has 3 rings (SSSR count). The summed E-state index contributed by atoms with van der Waals surface area (Å²) in [6.45, 7) is 0. The van der Waals surface area contributed by atoms with Gasteiger partial charge in [-0.3, -0.25) is 4.79 Å². The molecule has 3 fully saturated rings. The zero-order valence-electron chi connectivity index (χ0n) is 7.77. The molecular weight excluding hydrogens is 184 g/mol. The fourth-order valence-corrected chi connectivity index (χ4v) is 2.83. The van der Waals surface area contributed by atoms with Crippen LogP contribution < -0.4 is 0 Å². The molecule has 4 atom stereocenters. The van der Waals surface area contributed by atoms with Gasteiger partial charge in [-0.05, 0) is 31.6 Å². The lowest BCUT2D eigenvalue weighted by Gasteiger charge is -2.30. The first-order valence-electron chi connectivity index (χ1n) is 5.13. The molecule has 2 saturated heterocycles. The second kappa shape index (κ2) is 2.72. The highest BCUT2D eigenvalue weighted by Crippen LogP contribution is 2.40. The van der Waals surface area contributed by atoms with Gasteiger partial charge in [0, 0.05) is 0 Å². The van der Waals surface area contributed by atoms with E-state index in [1.807, 2.05) is 0 Å². The van der Waals surface area contributed by atoms with Gasteiger partial charge in [0.15, 0.2) is 6.10 Å². The van der Waals surface area contributed by atoms with E-state index in [1.165, 1.54) is 0 Å². The third kappa shape index (κ3) is 1.13. The van der Waals surface area contributed by atoms with E-state index in [4.69, 9.17) is 9.47 Å². The van der Waals surface area contributed by atoms with Crippen LogP contribution in [-0.2, 0) is 19.1 Å². The minimum Gasteiger partial charge on any atom is -0.460 e. The molecule has 0 aromatic heterocycles. The highest BCUT2D eigenvalue weighted by atomic mass is 16.6. The molecule has 4 unspecified atom stereocenters. The SMILES string of the molecule is O=C1OC2CC3CC(CC1C3)OC2=O. The predicted molar refractivity (Wildman–Crippen MR) is 45.2 cm³/mol. The van der Waals surface area contributed by atoms with Crippen LogP contribution in [0.3, 0.4) is 0 Å². The summed E-state index contributed by atoms with van der Waals surface area (Å²) in [6, 6.07) is 0. The Morgan fingerprint density at radius 2 is 1.79 bits per heavy atom. The second-order valence-corrected chi connectivity index (χ2v) is 4.49. The molecule has 76 valence electrons. The standard InChI is InChI=1S/C10H12O4/c11-9-6-1-5-2-7(4-6)13-10(12)8(3-5)14-9/h5-8H,1-4H2. The van der Waals surface area contributed by atoms with Gasteiger partial charge in [-0.2, -0.15) is 0 Å². The van der Waals surface area contributed by atoms with E-state index < -0.39 is 6.10 Å². The maximum atomic E-state index is 11.5. The molecule has 2 aliphatic heterocycles. The van der Waals surface area contributed by atoms with Gasteiger partial charge in [0.25, 0.3) is 0 Å². The van der Waals surface area contributed by atoms with Crippen molar-refractivity contribution in [2.24, 2.45) is 11.8 Å². The van der Waals surface area contributed by atoms with Gasteiger partial charge in [-0.1, -0.05) is 0 Å². The first kappa shape index (κ1) is 8.26. The van der Waals surface area contributed by atoms with Crippen LogP contribution in [0.15, 0.2) is 0 Å². The summed E-state index contributed by atoms with van der Waals surface area (Å²) in [7, 11) is 0. The van der Waals surface area contributed by atoms with Gasteiger partial charge in [-0.15, -0.1) is 0 Å². The summed E-state index contributed by atoms with van der Waals surface area (Å²) in [5.74, 6) is -0.136. The van der Waals surface area contributed by atoms with Gasteiger partial charge in [-0.25, -0.2) is 4.79 Å². The molecule has 2 heterocycles. The highest BCUT2D eigenvalue weighted by molar-refractivity contribution is 5.82. The van der Waals surface area contributed by atoms with Crippen LogP contribution in [0.1, 0.15) is 25.7 Å². The van der Waals surface area contributed by atoms with E-state index in [9.17, 15) is 9.59 Å². The zero-order valence-corrected chi connectivity index (χ0v) is 7.77. The lowest BCUT2D eigenvalue weighted by Crippen LogP contribution is -2.36. The molecule has 1 aliphatic carbocycles. The highest BCUT2D eigenvalue weighted by Gasteiger charge is 2.46. The Balaban J connectivity index is 1.99. The molecule has 14 heavy (non-hydrogen) atoms. The van der Waals surface area contributed by atoms with E-state index in [2.05, 4.69) is 0 Å². The Labute approximate surface area is 81.6 Å². The summed E-state index contributed by atoms with van der Waals surface area (Å²) in [6.07, 6.45) is 2.45. The van der Waals surface area contributed by atoms with Crippen molar-refractivity contribution in [3.8, 4) is 0 Å². The number of hydrogen-bond donors (Lipinski definition) is 0. The Bertz CT molecular complexity index is 296. The molecule has 0 amide bonds. The van der Waals surface area contributed by atoms with Crippen LogP contribution in [0.2, 0.25) is 0 Å². The molecule has 4 bridgehead atoms. The number of fused-ring (bicyclic) bond motifs is 3. The van der Waals surface area contributed by atoms with Crippen molar-refractivity contribution in [2.45, 2.75) is 37.9 Å². The normalized spacial score (nSPS) is 45.4. The van der Waals surface area contributed by atoms with Gasteiger partial charge < -0.3 is 9.47 Å². The Hall–Kier alpha value is -1.06. The molecule has 0 aromatic rings. The van der Waals surface area contributed by atoms with Crippen LogP contribution >= 0.6 is 0 Å². The van der Waals surface area contributed by atoms with Crippen LogP contribution in [-0.4, -0.2) is 24.1 Å². The van der Waals surface area contributed by atoms with Crippen molar-refractivity contribution >= 4 is 11.9 Å². The van der Waals surface area contributed by atoms with Crippen molar-refractivity contribution in [1.29, 1.82) is 0 Å². The largest absolute Gasteiger partial charge is 0.460 e. The summed E-state index contributed by atoms with van der Waals surface area (Å²) in [5.41, 5.74) is 0. The monoisotopic (exact) mass is 196 g/mol. The van der Waals surface area contributed by atoms with E-state index in [0.717, 1.165) is 12.8 Å². The third-order valence-electron chi connectivity index (χ3n) is 3.45. The summed E-state index contributed by atoms with van der Waals surface area (Å²) >= 11 is 0. The lowest BCUT2D eigenvalue weighted by molar-refractivity contribution is -0.178. The lowest BCUT2D eigenvalue weighted by atomic mass is 9.79. The Morgan fingerprint density at radius 1 is 0.929 bits per heavy atom. The van der Waals surface area contributed by atoms with Crippen LogP contribution in [0.5, 0.6) is 0 Å². The molecular formula is C10H12O4. The van der Waals surface area contributed by atoms with Crippen LogP contribution in [0.4, 0.5) is 0 Å². The first-order chi connectivity index (χ1) is 6.72. The number of ether oxygens (including phenoxy) is 2. The topological polar surface area (TPSA) is 52.6 Å². The summed E-state index contributed by atoms with van der Waals surface area (Å²) < 4.78 is 10.4. The molecule has 4 nitrogen and oxygen atoms in total. The number of esters is 2. The number of carbonyl (C=O) groups excluding carboxylic acids is 2. The molecule has 0 aromatic carbocycles. The third-order valence-corrected chi connectivity index (χ3v) is 3.45.